The number of nitrogens with two attached hydrogens (primary N) is 1. The van der Waals surface area contributed by atoms with E-state index in [9.17, 15) is 9.59 Å². The summed E-state index contributed by atoms with van der Waals surface area (Å²) in [5.41, 5.74) is 7.36. The molecule has 0 spiro atoms. The van der Waals surface area contributed by atoms with E-state index in [0.29, 0.717) is 11.4 Å². The standard InChI is InChI=1S/C20H27N5O2S/c1-11-9-14(24-20(3,4)5)22-10-13(11)16-15(23-18(28-16)17(21)26)19(27)25-8-6-7-12(25)2/h9-10,12H,6-8H2,1-5H3,(H2,21,26)(H,22,24)/t12-/m0/s1. The number of pyridine rings is 1. The fraction of sp³-hybridized carbons (Fsp3) is 0.500. The van der Waals surface area contributed by atoms with Crippen LogP contribution in [0.25, 0.3) is 10.4 Å². The van der Waals surface area contributed by atoms with E-state index in [0.717, 1.165) is 41.1 Å². The Balaban J connectivity index is 2.03. The Kier molecular flexibility index (Phi) is 5.43. The third-order valence-electron chi connectivity index (χ3n) is 4.71. The number of hydrogen-bond acceptors (Lipinski definition) is 6. The Labute approximate surface area is 169 Å². The smallest absolute Gasteiger partial charge is 0.277 e. The van der Waals surface area contributed by atoms with Gasteiger partial charge in [-0.15, -0.1) is 11.3 Å². The summed E-state index contributed by atoms with van der Waals surface area (Å²) in [4.78, 5) is 36.1. The van der Waals surface area contributed by atoms with Gasteiger partial charge in [-0.2, -0.15) is 0 Å². The SMILES string of the molecule is Cc1cc(NC(C)(C)C)ncc1-c1sc(C(N)=O)nc1C(=O)N1CCC[C@@H]1C. The van der Waals surface area contributed by atoms with Crippen molar-refractivity contribution in [3.63, 3.8) is 0 Å². The minimum Gasteiger partial charge on any atom is -0.365 e. The summed E-state index contributed by atoms with van der Waals surface area (Å²) in [7, 11) is 0. The van der Waals surface area contributed by atoms with Crippen LogP contribution in [0.15, 0.2) is 12.3 Å². The molecule has 1 fully saturated rings. The molecule has 0 aromatic carbocycles. The average molecular weight is 402 g/mol. The third-order valence-corrected chi connectivity index (χ3v) is 5.82. The highest BCUT2D eigenvalue weighted by Gasteiger charge is 2.31. The first-order valence-electron chi connectivity index (χ1n) is 9.43. The van der Waals surface area contributed by atoms with Crippen molar-refractivity contribution in [1.82, 2.24) is 14.9 Å². The predicted molar refractivity (Wildman–Crippen MR) is 112 cm³/mol. The monoisotopic (exact) mass is 401 g/mol. The minimum absolute atomic E-state index is 0.113. The molecule has 1 aliphatic rings. The van der Waals surface area contributed by atoms with Gasteiger partial charge in [-0.05, 0) is 59.1 Å². The van der Waals surface area contributed by atoms with Crippen LogP contribution in [0.3, 0.4) is 0 Å². The summed E-state index contributed by atoms with van der Waals surface area (Å²) in [5, 5.41) is 3.48. The molecule has 3 N–H and O–H groups in total. The van der Waals surface area contributed by atoms with Gasteiger partial charge in [-0.25, -0.2) is 9.97 Å². The first-order valence-corrected chi connectivity index (χ1v) is 10.3. The Morgan fingerprint density at radius 2 is 2.07 bits per heavy atom. The molecule has 8 heteroatoms. The van der Waals surface area contributed by atoms with Crippen molar-refractivity contribution >= 4 is 29.0 Å². The Morgan fingerprint density at radius 3 is 2.61 bits per heavy atom. The number of aromatic nitrogens is 2. The number of carbonyl (C=O) groups is 2. The summed E-state index contributed by atoms with van der Waals surface area (Å²) in [6, 6.07) is 2.11. The summed E-state index contributed by atoms with van der Waals surface area (Å²) >= 11 is 1.15. The van der Waals surface area contributed by atoms with Gasteiger partial charge in [0.2, 0.25) is 0 Å². The van der Waals surface area contributed by atoms with E-state index in [1.165, 1.54) is 0 Å². The highest BCUT2D eigenvalue weighted by atomic mass is 32.1. The van der Waals surface area contributed by atoms with Crippen LogP contribution in [0.1, 0.15) is 66.4 Å². The van der Waals surface area contributed by atoms with E-state index >= 15 is 0 Å². The second-order valence-corrected chi connectivity index (χ2v) is 9.31. The molecule has 1 saturated heterocycles. The number of anilines is 1. The lowest BCUT2D eigenvalue weighted by Crippen LogP contribution is -2.34. The summed E-state index contributed by atoms with van der Waals surface area (Å²) in [6.07, 6.45) is 3.68. The molecular weight excluding hydrogens is 374 g/mol. The molecule has 1 atom stereocenters. The number of nitrogens with one attached hydrogen (secondary N) is 1. The highest BCUT2D eigenvalue weighted by Crippen LogP contribution is 2.35. The third kappa shape index (κ3) is 4.16. The van der Waals surface area contributed by atoms with Crippen molar-refractivity contribution in [3.05, 3.63) is 28.5 Å². The fourth-order valence-corrected chi connectivity index (χ4v) is 4.35. The number of amides is 2. The lowest BCUT2D eigenvalue weighted by atomic mass is 10.1. The number of aryl methyl sites for hydroxylation is 1. The summed E-state index contributed by atoms with van der Waals surface area (Å²) in [6.45, 7) is 10.9. The van der Waals surface area contributed by atoms with E-state index in [1.54, 1.807) is 6.20 Å². The molecule has 0 aliphatic carbocycles. The molecule has 0 bridgehead atoms. The molecular formula is C20H27N5O2S. The zero-order valence-electron chi connectivity index (χ0n) is 17.0. The number of nitrogens with zero attached hydrogens (tertiary/aromatic N) is 3. The Hall–Kier alpha value is -2.48. The molecule has 7 nitrogen and oxygen atoms in total. The number of carbonyl (C=O) groups excluding carboxylic acids is 2. The molecule has 0 saturated carbocycles. The van der Waals surface area contributed by atoms with Crippen LogP contribution in [0.4, 0.5) is 5.82 Å². The number of hydrogen-bond donors (Lipinski definition) is 2. The number of rotatable bonds is 4. The van der Waals surface area contributed by atoms with E-state index in [4.69, 9.17) is 5.73 Å². The van der Waals surface area contributed by atoms with E-state index in [-0.39, 0.29) is 28.2 Å². The molecule has 2 aromatic heterocycles. The Morgan fingerprint density at radius 1 is 1.36 bits per heavy atom. The molecule has 0 unspecified atom stereocenters. The molecule has 3 rings (SSSR count). The van der Waals surface area contributed by atoms with Gasteiger partial charge in [0.25, 0.3) is 11.8 Å². The molecule has 1 aliphatic heterocycles. The zero-order valence-corrected chi connectivity index (χ0v) is 17.8. The molecule has 0 radical (unpaired) electrons. The van der Waals surface area contributed by atoms with Crippen LogP contribution in [0, 0.1) is 6.92 Å². The van der Waals surface area contributed by atoms with Gasteiger partial charge in [0, 0.05) is 29.9 Å². The van der Waals surface area contributed by atoms with Crippen LogP contribution in [-0.4, -0.2) is 44.8 Å². The molecule has 28 heavy (non-hydrogen) atoms. The van der Waals surface area contributed by atoms with Gasteiger partial charge in [-0.3, -0.25) is 9.59 Å². The maximum atomic E-state index is 13.1. The summed E-state index contributed by atoms with van der Waals surface area (Å²) in [5.74, 6) is -0.0223. The topological polar surface area (TPSA) is 101 Å². The van der Waals surface area contributed by atoms with Gasteiger partial charge in [0.15, 0.2) is 5.01 Å². The fourth-order valence-electron chi connectivity index (χ4n) is 3.37. The minimum atomic E-state index is -0.628. The highest BCUT2D eigenvalue weighted by molar-refractivity contribution is 7.17. The van der Waals surface area contributed by atoms with Gasteiger partial charge in [-0.1, -0.05) is 0 Å². The van der Waals surface area contributed by atoms with Crippen LogP contribution in [0.5, 0.6) is 0 Å². The molecule has 150 valence electrons. The lowest BCUT2D eigenvalue weighted by Gasteiger charge is -2.22. The normalized spacial score (nSPS) is 17.0. The second-order valence-electron chi connectivity index (χ2n) is 8.31. The van der Waals surface area contributed by atoms with Gasteiger partial charge in [0.05, 0.1) is 4.88 Å². The quantitative estimate of drug-likeness (QED) is 0.817. The van der Waals surface area contributed by atoms with Crippen molar-refractivity contribution in [3.8, 4) is 10.4 Å². The van der Waals surface area contributed by atoms with Crippen molar-refractivity contribution in [1.29, 1.82) is 0 Å². The Bertz CT molecular complexity index is 916. The largest absolute Gasteiger partial charge is 0.365 e. The van der Waals surface area contributed by atoms with Gasteiger partial charge in [0.1, 0.15) is 11.5 Å². The molecule has 3 heterocycles. The zero-order chi connectivity index (χ0) is 20.6. The van der Waals surface area contributed by atoms with Crippen molar-refractivity contribution in [2.45, 2.75) is 59.0 Å². The number of thiazole rings is 1. The lowest BCUT2D eigenvalue weighted by molar-refractivity contribution is 0.0743. The number of likely N-dealkylation sites (tertiary alicyclic amines) is 1. The van der Waals surface area contributed by atoms with Crippen LogP contribution in [-0.2, 0) is 0 Å². The van der Waals surface area contributed by atoms with Crippen molar-refractivity contribution < 1.29 is 9.59 Å². The van der Waals surface area contributed by atoms with E-state index < -0.39 is 5.91 Å². The predicted octanol–water partition coefficient (Wildman–Crippen LogP) is 3.45. The average Bonchev–Trinajstić information content (AvgIpc) is 3.19. The molecule has 2 aromatic rings. The first-order chi connectivity index (χ1) is 13.1. The van der Waals surface area contributed by atoms with E-state index in [1.807, 2.05) is 24.8 Å². The van der Waals surface area contributed by atoms with Crippen LogP contribution >= 0.6 is 11.3 Å². The van der Waals surface area contributed by atoms with Crippen LogP contribution in [0.2, 0.25) is 0 Å². The molecule has 2 amide bonds. The maximum absolute atomic E-state index is 13.1. The second kappa shape index (κ2) is 7.50. The van der Waals surface area contributed by atoms with Gasteiger partial charge >= 0.3 is 0 Å². The van der Waals surface area contributed by atoms with Crippen LogP contribution < -0.4 is 11.1 Å². The van der Waals surface area contributed by atoms with Crippen molar-refractivity contribution in [2.75, 3.05) is 11.9 Å². The number of primary amides is 1. The van der Waals surface area contributed by atoms with E-state index in [2.05, 4.69) is 36.1 Å². The van der Waals surface area contributed by atoms with Gasteiger partial charge < -0.3 is 16.0 Å². The van der Waals surface area contributed by atoms with Crippen molar-refractivity contribution in [2.24, 2.45) is 5.73 Å². The summed E-state index contributed by atoms with van der Waals surface area (Å²) < 4.78 is 0. The first kappa shape index (κ1) is 20.3. The maximum Gasteiger partial charge on any atom is 0.277 e.